The van der Waals surface area contributed by atoms with E-state index in [4.69, 9.17) is 0 Å². The molecule has 1 aliphatic carbocycles. The third-order valence-corrected chi connectivity index (χ3v) is 2.55. The van der Waals surface area contributed by atoms with Crippen LogP contribution in [0.2, 0.25) is 0 Å². The van der Waals surface area contributed by atoms with Gasteiger partial charge in [0.2, 0.25) is 0 Å². The second-order valence-corrected chi connectivity index (χ2v) is 3.93. The van der Waals surface area contributed by atoms with Gasteiger partial charge in [0, 0.05) is 5.57 Å². The predicted molar refractivity (Wildman–Crippen MR) is 97.1 cm³/mol. The highest BCUT2D eigenvalue weighted by molar-refractivity contribution is 5.45. The molecule has 0 N–H and O–H groups in total. The molecule has 0 unspecified atom stereocenters. The molecule has 114 valence electrons. The van der Waals surface area contributed by atoms with E-state index in [0.29, 0.717) is 0 Å². The van der Waals surface area contributed by atoms with Gasteiger partial charge >= 0.3 is 0 Å². The van der Waals surface area contributed by atoms with E-state index in [1.807, 2.05) is 26.8 Å². The lowest BCUT2D eigenvalue weighted by molar-refractivity contribution is 1.26. The molecule has 0 heterocycles. The molecule has 0 aliphatic heterocycles. The van der Waals surface area contributed by atoms with Gasteiger partial charge in [-0.25, -0.2) is 0 Å². The summed E-state index contributed by atoms with van der Waals surface area (Å²) < 4.78 is 0. The number of hydrogen-bond acceptors (Lipinski definition) is 0. The summed E-state index contributed by atoms with van der Waals surface area (Å²) in [5, 5.41) is 0. The summed E-state index contributed by atoms with van der Waals surface area (Å²) >= 11 is 0. The first-order valence-corrected chi connectivity index (χ1v) is 6.83. The lowest BCUT2D eigenvalue weighted by Crippen LogP contribution is -1.86. The summed E-state index contributed by atoms with van der Waals surface area (Å²) in [7, 11) is 0. The molecule has 0 radical (unpaired) electrons. The molecule has 0 amide bonds. The highest BCUT2D eigenvalue weighted by atomic mass is 14.0. The summed E-state index contributed by atoms with van der Waals surface area (Å²) in [6.45, 7) is 10.3. The summed E-state index contributed by atoms with van der Waals surface area (Å²) in [5.74, 6) is 0. The van der Waals surface area contributed by atoms with Gasteiger partial charge in [-0.2, -0.15) is 0 Å². The van der Waals surface area contributed by atoms with Gasteiger partial charge < -0.3 is 0 Å². The van der Waals surface area contributed by atoms with Gasteiger partial charge in [0.1, 0.15) is 0 Å². The van der Waals surface area contributed by atoms with E-state index in [1.165, 1.54) is 16.7 Å². The van der Waals surface area contributed by atoms with Crippen molar-refractivity contribution in [3.8, 4) is 0 Å². The lowest BCUT2D eigenvalue weighted by atomic mass is 10.00. The smallest absolute Gasteiger partial charge is 0.0216 e. The highest BCUT2D eigenvalue weighted by Crippen LogP contribution is 2.19. The Bertz CT molecular complexity index is 405. The van der Waals surface area contributed by atoms with Crippen LogP contribution in [0.15, 0.2) is 65.0 Å². The van der Waals surface area contributed by atoms with Gasteiger partial charge in [-0.05, 0) is 50.8 Å². The Hall–Kier alpha value is -1.52. The van der Waals surface area contributed by atoms with Crippen LogP contribution in [0.3, 0.4) is 0 Å². The summed E-state index contributed by atoms with van der Waals surface area (Å²) in [6, 6.07) is 0. The Balaban J connectivity index is -0.000000689. The van der Waals surface area contributed by atoms with Gasteiger partial charge in [-0.15, -0.1) is 5.73 Å². The van der Waals surface area contributed by atoms with Crippen molar-refractivity contribution in [2.45, 2.75) is 62.3 Å². The molecule has 0 bridgehead atoms. The zero-order chi connectivity index (χ0) is 13.8. The molecule has 0 nitrogen and oxygen atoms in total. The first-order chi connectivity index (χ1) is 8.75. The topological polar surface area (TPSA) is 0 Å². The van der Waals surface area contributed by atoms with Crippen molar-refractivity contribution >= 4 is 0 Å². The Morgan fingerprint density at radius 2 is 1.75 bits per heavy atom. The maximum atomic E-state index is 3.39. The number of rotatable bonds is 2. The van der Waals surface area contributed by atoms with E-state index in [1.54, 1.807) is 0 Å². The van der Waals surface area contributed by atoms with Gasteiger partial charge in [-0.3, -0.25) is 0 Å². The lowest BCUT2D eigenvalue weighted by Gasteiger charge is -2.05. The Labute approximate surface area is 128 Å². The van der Waals surface area contributed by atoms with E-state index in [2.05, 4.69) is 56.0 Å². The maximum absolute atomic E-state index is 3.39. The molecule has 0 aromatic carbocycles. The molecule has 0 atom stereocenters. The van der Waals surface area contributed by atoms with Crippen molar-refractivity contribution in [3.05, 3.63) is 65.0 Å². The van der Waals surface area contributed by atoms with Crippen molar-refractivity contribution in [2.75, 3.05) is 0 Å². The summed E-state index contributed by atoms with van der Waals surface area (Å²) in [5.41, 5.74) is 7.19. The normalized spacial score (nSPS) is 18.8. The van der Waals surface area contributed by atoms with Gasteiger partial charge in [0.25, 0.3) is 0 Å². The van der Waals surface area contributed by atoms with E-state index in [0.717, 1.165) is 12.8 Å². The Morgan fingerprint density at radius 1 is 1.15 bits per heavy atom. The Kier molecular flexibility index (Phi) is 18.3. The highest BCUT2D eigenvalue weighted by Gasteiger charge is 2.01. The van der Waals surface area contributed by atoms with Crippen molar-refractivity contribution < 1.29 is 0 Å². The van der Waals surface area contributed by atoms with Gasteiger partial charge in [-0.1, -0.05) is 65.2 Å². The van der Waals surface area contributed by atoms with Crippen molar-refractivity contribution in [2.24, 2.45) is 0 Å². The van der Waals surface area contributed by atoms with Crippen LogP contribution in [0.4, 0.5) is 0 Å². The maximum Gasteiger partial charge on any atom is 0.0216 e. The van der Waals surface area contributed by atoms with Crippen LogP contribution < -0.4 is 0 Å². The molecule has 1 rings (SSSR count). The monoisotopic (exact) mass is 274 g/mol. The SMILES string of the molecule is C.C.C/C=C\C=C(/C)C1=C=CC/C=C\C/C=C\1C.CC. The molecule has 0 saturated carbocycles. The molecule has 0 aromatic heterocycles. The molecule has 0 spiro atoms. The van der Waals surface area contributed by atoms with Crippen LogP contribution in [0.25, 0.3) is 0 Å². The predicted octanol–water partition coefficient (Wildman–Crippen LogP) is 7.19. The minimum absolute atomic E-state index is 0. The molecule has 1 aliphatic rings. The fourth-order valence-electron chi connectivity index (χ4n) is 1.63. The van der Waals surface area contributed by atoms with Crippen molar-refractivity contribution in [1.29, 1.82) is 0 Å². The zero-order valence-corrected chi connectivity index (χ0v) is 12.5. The molecule has 0 heteroatoms. The second-order valence-electron chi connectivity index (χ2n) is 3.93. The Morgan fingerprint density at radius 3 is 2.35 bits per heavy atom. The molecule has 0 aromatic rings. The largest absolute Gasteiger partial charge is 0.116 e. The van der Waals surface area contributed by atoms with Gasteiger partial charge in [0.15, 0.2) is 0 Å². The summed E-state index contributed by atoms with van der Waals surface area (Å²) in [4.78, 5) is 0. The molecule has 0 fully saturated rings. The summed E-state index contributed by atoms with van der Waals surface area (Å²) in [6.07, 6.45) is 17.0. The number of allylic oxidation sites excluding steroid dienone is 9. The van der Waals surface area contributed by atoms with E-state index < -0.39 is 0 Å². The third-order valence-electron chi connectivity index (χ3n) is 2.55. The van der Waals surface area contributed by atoms with Crippen LogP contribution in [-0.4, -0.2) is 0 Å². The molecular weight excluding hydrogens is 240 g/mol. The average molecular weight is 274 g/mol. The van der Waals surface area contributed by atoms with E-state index in [-0.39, 0.29) is 14.9 Å². The minimum atomic E-state index is 0. The van der Waals surface area contributed by atoms with Crippen molar-refractivity contribution in [3.63, 3.8) is 0 Å². The molecule has 20 heavy (non-hydrogen) atoms. The molecular formula is C20H34. The molecule has 0 saturated heterocycles. The standard InChI is InChI=1S/C16H20.C2H6.2CH4/c1-4-5-11-14(2)16-13-10-8-6-7-9-12-15(16)3;1-2;;/h4-7,10-12H,8-9H2,1-3H3;1-2H3;2*1H4/b5-4-,7-6-,14-11+,15-12-;;;. The van der Waals surface area contributed by atoms with Gasteiger partial charge in [0.05, 0.1) is 0 Å². The second kappa shape index (κ2) is 15.5. The van der Waals surface area contributed by atoms with Crippen LogP contribution in [0.5, 0.6) is 0 Å². The first-order valence-electron chi connectivity index (χ1n) is 6.83. The van der Waals surface area contributed by atoms with Crippen LogP contribution in [0, 0.1) is 0 Å². The van der Waals surface area contributed by atoms with Crippen LogP contribution in [-0.2, 0) is 0 Å². The van der Waals surface area contributed by atoms with E-state index in [9.17, 15) is 0 Å². The first kappa shape index (κ1) is 23.6. The fraction of sp³-hybridized carbons (Fsp3) is 0.450. The van der Waals surface area contributed by atoms with E-state index >= 15 is 0 Å². The third kappa shape index (κ3) is 9.42. The number of hydrogen-bond donors (Lipinski definition) is 0. The minimum Gasteiger partial charge on any atom is -0.116 e. The quantitative estimate of drug-likeness (QED) is 0.284. The van der Waals surface area contributed by atoms with Crippen LogP contribution >= 0.6 is 0 Å². The zero-order valence-electron chi connectivity index (χ0n) is 12.5. The van der Waals surface area contributed by atoms with Crippen LogP contribution in [0.1, 0.15) is 62.3 Å². The fourth-order valence-corrected chi connectivity index (χ4v) is 1.63. The average Bonchev–Trinajstić information content (AvgIpc) is 2.50. The van der Waals surface area contributed by atoms with Crippen molar-refractivity contribution in [1.82, 2.24) is 0 Å².